The van der Waals surface area contributed by atoms with Crippen LogP contribution < -0.4 is 0 Å². The summed E-state index contributed by atoms with van der Waals surface area (Å²) < 4.78 is 13.5. The molecule has 0 aliphatic heterocycles. The molecule has 0 saturated heterocycles. The van der Waals surface area contributed by atoms with E-state index in [0.29, 0.717) is 6.42 Å². The summed E-state index contributed by atoms with van der Waals surface area (Å²) >= 11 is 1.69. The zero-order chi connectivity index (χ0) is 13.0. The number of Topliss-reactive ketones (excluding diaryl/α,β-unsaturated/α-hetero) is 1. The van der Waals surface area contributed by atoms with Gasteiger partial charge < -0.3 is 0 Å². The molecule has 0 saturated carbocycles. The first kappa shape index (κ1) is 13.0. The Morgan fingerprint density at radius 2 is 2.17 bits per heavy atom. The lowest BCUT2D eigenvalue weighted by Gasteiger charge is -2.03. The van der Waals surface area contributed by atoms with Gasteiger partial charge in [-0.25, -0.2) is 4.39 Å². The largest absolute Gasteiger partial charge is 0.294 e. The third-order valence-corrected chi connectivity index (χ3v) is 3.77. The monoisotopic (exact) mass is 262 g/mol. The fraction of sp³-hybridized carbons (Fsp3) is 0.267. The number of aryl methyl sites for hydroxylation is 2. The van der Waals surface area contributed by atoms with E-state index in [1.165, 1.54) is 10.9 Å². The van der Waals surface area contributed by atoms with Crippen LogP contribution in [-0.4, -0.2) is 5.78 Å². The van der Waals surface area contributed by atoms with E-state index < -0.39 is 5.82 Å². The molecule has 0 spiro atoms. The third-order valence-electron chi connectivity index (χ3n) is 2.83. The molecular weight excluding hydrogens is 247 g/mol. The van der Waals surface area contributed by atoms with Crippen molar-refractivity contribution in [1.82, 2.24) is 0 Å². The van der Waals surface area contributed by atoms with Gasteiger partial charge in [0.1, 0.15) is 5.82 Å². The summed E-state index contributed by atoms with van der Waals surface area (Å²) in [4.78, 5) is 13.2. The Morgan fingerprint density at radius 1 is 1.33 bits per heavy atom. The molecule has 0 atom stereocenters. The van der Waals surface area contributed by atoms with E-state index >= 15 is 0 Å². The van der Waals surface area contributed by atoms with Crippen molar-refractivity contribution < 1.29 is 9.18 Å². The van der Waals surface area contributed by atoms with Crippen LogP contribution in [0.1, 0.15) is 33.6 Å². The Morgan fingerprint density at radius 3 is 2.89 bits per heavy atom. The highest BCUT2D eigenvalue weighted by molar-refractivity contribution is 7.09. The first-order chi connectivity index (χ1) is 8.66. The zero-order valence-corrected chi connectivity index (χ0v) is 11.1. The minimum Gasteiger partial charge on any atom is -0.294 e. The smallest absolute Gasteiger partial charge is 0.165 e. The Kier molecular flexibility index (Phi) is 4.26. The van der Waals surface area contributed by atoms with Crippen LogP contribution in [0.4, 0.5) is 4.39 Å². The Bertz CT molecular complexity index is 531. The van der Waals surface area contributed by atoms with Gasteiger partial charge in [0.05, 0.1) is 5.56 Å². The summed E-state index contributed by atoms with van der Waals surface area (Å²) in [7, 11) is 0. The van der Waals surface area contributed by atoms with Crippen molar-refractivity contribution in [3.05, 3.63) is 57.5 Å². The van der Waals surface area contributed by atoms with Gasteiger partial charge in [-0.1, -0.05) is 17.7 Å². The van der Waals surface area contributed by atoms with E-state index in [1.807, 2.05) is 18.4 Å². The number of hydrogen-bond acceptors (Lipinski definition) is 2. The fourth-order valence-electron chi connectivity index (χ4n) is 1.87. The van der Waals surface area contributed by atoms with Gasteiger partial charge in [-0.15, -0.1) is 11.3 Å². The molecule has 0 N–H and O–H groups in total. The van der Waals surface area contributed by atoms with Gasteiger partial charge in [-0.3, -0.25) is 4.79 Å². The maximum Gasteiger partial charge on any atom is 0.165 e. The number of halogens is 1. The van der Waals surface area contributed by atoms with Crippen LogP contribution in [0.5, 0.6) is 0 Å². The molecular formula is C15H15FOS. The molecule has 1 nitrogen and oxygen atoms in total. The van der Waals surface area contributed by atoms with Gasteiger partial charge in [0.25, 0.3) is 0 Å². The van der Waals surface area contributed by atoms with E-state index in [1.54, 1.807) is 23.5 Å². The van der Waals surface area contributed by atoms with Crippen molar-refractivity contribution in [3.8, 4) is 0 Å². The minimum atomic E-state index is -0.415. The summed E-state index contributed by atoms with van der Waals surface area (Å²) in [5.41, 5.74) is 1.14. The summed E-state index contributed by atoms with van der Waals surface area (Å²) in [5.74, 6) is -0.519. The van der Waals surface area contributed by atoms with Crippen LogP contribution >= 0.6 is 11.3 Å². The lowest BCUT2D eigenvalue weighted by atomic mass is 10.0. The number of carbonyl (C=O) groups is 1. The highest BCUT2D eigenvalue weighted by Gasteiger charge is 2.11. The third kappa shape index (κ3) is 3.26. The quantitative estimate of drug-likeness (QED) is 0.730. The molecule has 0 aliphatic carbocycles. The Labute approximate surface area is 110 Å². The molecule has 0 aliphatic rings. The van der Waals surface area contributed by atoms with Crippen molar-refractivity contribution in [2.75, 3.05) is 0 Å². The van der Waals surface area contributed by atoms with Gasteiger partial charge in [0, 0.05) is 11.3 Å². The average Bonchev–Trinajstić information content (AvgIpc) is 2.85. The SMILES string of the molecule is Cc1ccc(F)c(C(=O)CCCc2cccs2)c1. The normalized spacial score (nSPS) is 10.6. The Balaban J connectivity index is 1.93. The van der Waals surface area contributed by atoms with Crippen LogP contribution in [-0.2, 0) is 6.42 Å². The van der Waals surface area contributed by atoms with E-state index in [2.05, 4.69) is 6.07 Å². The molecule has 2 rings (SSSR count). The van der Waals surface area contributed by atoms with Crippen molar-refractivity contribution in [2.24, 2.45) is 0 Å². The molecule has 3 heteroatoms. The highest BCUT2D eigenvalue weighted by Crippen LogP contribution is 2.16. The van der Waals surface area contributed by atoms with Gasteiger partial charge in [-0.05, 0) is 43.3 Å². The van der Waals surface area contributed by atoms with E-state index in [4.69, 9.17) is 0 Å². The molecule has 0 bridgehead atoms. The minimum absolute atomic E-state index is 0.104. The number of hydrogen-bond donors (Lipinski definition) is 0. The molecule has 0 radical (unpaired) electrons. The lowest BCUT2D eigenvalue weighted by molar-refractivity contribution is 0.0976. The zero-order valence-electron chi connectivity index (χ0n) is 10.3. The van der Waals surface area contributed by atoms with Crippen molar-refractivity contribution in [3.63, 3.8) is 0 Å². The van der Waals surface area contributed by atoms with Crippen LogP contribution in [0, 0.1) is 12.7 Å². The molecule has 2 aromatic rings. The van der Waals surface area contributed by atoms with Crippen molar-refractivity contribution >= 4 is 17.1 Å². The van der Waals surface area contributed by atoms with Crippen molar-refractivity contribution in [2.45, 2.75) is 26.2 Å². The van der Waals surface area contributed by atoms with Crippen LogP contribution in [0.25, 0.3) is 0 Å². The topological polar surface area (TPSA) is 17.1 Å². The average molecular weight is 262 g/mol. The first-order valence-electron chi connectivity index (χ1n) is 5.98. The summed E-state index contributed by atoms with van der Waals surface area (Å²) in [6.45, 7) is 1.86. The van der Waals surface area contributed by atoms with Gasteiger partial charge in [0.15, 0.2) is 5.78 Å². The van der Waals surface area contributed by atoms with Crippen LogP contribution in [0.15, 0.2) is 35.7 Å². The van der Waals surface area contributed by atoms with Gasteiger partial charge in [-0.2, -0.15) is 0 Å². The number of benzene rings is 1. The molecule has 1 aromatic carbocycles. The number of thiophene rings is 1. The van der Waals surface area contributed by atoms with Gasteiger partial charge >= 0.3 is 0 Å². The predicted molar refractivity (Wildman–Crippen MR) is 72.7 cm³/mol. The molecule has 94 valence electrons. The standard InChI is InChI=1S/C15H15FOS/c1-11-7-8-14(16)13(10-11)15(17)6-2-4-12-5-3-9-18-12/h3,5,7-10H,2,4,6H2,1H3. The first-order valence-corrected chi connectivity index (χ1v) is 6.86. The summed E-state index contributed by atoms with van der Waals surface area (Å²) in [6, 6.07) is 8.73. The second-order valence-electron chi connectivity index (χ2n) is 4.34. The van der Waals surface area contributed by atoms with Gasteiger partial charge in [0.2, 0.25) is 0 Å². The number of rotatable bonds is 5. The maximum atomic E-state index is 13.5. The van der Waals surface area contributed by atoms with Crippen molar-refractivity contribution in [1.29, 1.82) is 0 Å². The summed E-state index contributed by atoms with van der Waals surface area (Å²) in [6.07, 6.45) is 2.06. The van der Waals surface area contributed by atoms with E-state index in [-0.39, 0.29) is 11.3 Å². The summed E-state index contributed by atoms with van der Waals surface area (Å²) in [5, 5.41) is 2.03. The molecule has 0 unspecified atom stereocenters. The van der Waals surface area contributed by atoms with E-state index in [0.717, 1.165) is 18.4 Å². The molecule has 18 heavy (non-hydrogen) atoms. The predicted octanol–water partition coefficient (Wildman–Crippen LogP) is 4.40. The number of ketones is 1. The highest BCUT2D eigenvalue weighted by atomic mass is 32.1. The molecule has 1 heterocycles. The van der Waals surface area contributed by atoms with Crippen LogP contribution in [0.3, 0.4) is 0 Å². The second kappa shape index (κ2) is 5.91. The number of carbonyl (C=O) groups excluding carboxylic acids is 1. The lowest BCUT2D eigenvalue weighted by Crippen LogP contribution is -2.03. The van der Waals surface area contributed by atoms with Crippen LogP contribution in [0.2, 0.25) is 0 Å². The molecule has 1 aromatic heterocycles. The Hall–Kier alpha value is -1.48. The fourth-order valence-corrected chi connectivity index (χ4v) is 2.62. The second-order valence-corrected chi connectivity index (χ2v) is 5.37. The molecule has 0 fully saturated rings. The maximum absolute atomic E-state index is 13.5. The molecule has 0 amide bonds. The van der Waals surface area contributed by atoms with E-state index in [9.17, 15) is 9.18 Å².